The van der Waals surface area contributed by atoms with Gasteiger partial charge in [0.15, 0.2) is 0 Å². The smallest absolute Gasteiger partial charge is 0.273 e. The summed E-state index contributed by atoms with van der Waals surface area (Å²) in [5.74, 6) is 0.0181. The van der Waals surface area contributed by atoms with Crippen molar-refractivity contribution < 1.29 is 14.5 Å². The summed E-state index contributed by atoms with van der Waals surface area (Å²) in [5, 5.41) is 10.5. The van der Waals surface area contributed by atoms with Gasteiger partial charge in [-0.15, -0.1) is 0 Å². The van der Waals surface area contributed by atoms with Crippen molar-refractivity contribution in [2.45, 2.75) is 0 Å². The average Bonchev–Trinajstić information content (AvgIpc) is 2.28. The Morgan fingerprint density at radius 2 is 2.28 bits per heavy atom. The predicted octanol–water partition coefficient (Wildman–Crippen LogP) is 0.391. The van der Waals surface area contributed by atoms with Crippen molar-refractivity contribution in [1.29, 1.82) is 0 Å². The quantitative estimate of drug-likeness (QED) is 0.559. The van der Waals surface area contributed by atoms with Crippen molar-refractivity contribution in [2.24, 2.45) is 5.73 Å². The second-order valence-electron chi connectivity index (χ2n) is 3.81. The van der Waals surface area contributed by atoms with E-state index in [9.17, 15) is 14.9 Å². The van der Waals surface area contributed by atoms with Crippen LogP contribution < -0.4 is 10.5 Å². The number of benzene rings is 1. The van der Waals surface area contributed by atoms with Crippen LogP contribution in [0.1, 0.15) is 0 Å². The number of nitro benzene ring substituents is 1. The molecule has 0 bridgehead atoms. The lowest BCUT2D eigenvalue weighted by atomic mass is 10.3. The van der Waals surface area contributed by atoms with E-state index in [2.05, 4.69) is 0 Å². The SMILES string of the molecule is CN(CCOc1cccc([N+](=O)[O-])c1)CC(N)=O. The third kappa shape index (κ3) is 4.79. The van der Waals surface area contributed by atoms with Crippen LogP contribution in [0.2, 0.25) is 0 Å². The molecule has 2 N–H and O–H groups in total. The van der Waals surface area contributed by atoms with Crippen molar-refractivity contribution in [2.75, 3.05) is 26.7 Å². The molecule has 1 amide bonds. The minimum atomic E-state index is -0.480. The molecule has 0 heterocycles. The van der Waals surface area contributed by atoms with E-state index in [1.54, 1.807) is 24.1 Å². The number of hydrogen-bond acceptors (Lipinski definition) is 5. The Balaban J connectivity index is 2.41. The maximum absolute atomic E-state index is 10.6. The number of likely N-dealkylation sites (N-methyl/N-ethyl adjacent to an activating group) is 1. The highest BCUT2D eigenvalue weighted by atomic mass is 16.6. The molecule has 0 atom stereocenters. The molecule has 98 valence electrons. The Morgan fingerprint density at radius 3 is 2.89 bits per heavy atom. The highest BCUT2D eigenvalue weighted by molar-refractivity contribution is 5.75. The standard InChI is InChI=1S/C11H15N3O4/c1-13(8-11(12)15)5-6-18-10-4-2-3-9(7-10)14(16)17/h2-4,7H,5-6,8H2,1H3,(H2,12,15). The van der Waals surface area contributed by atoms with Gasteiger partial charge in [-0.1, -0.05) is 6.07 Å². The monoisotopic (exact) mass is 253 g/mol. The third-order valence-corrected chi connectivity index (χ3v) is 2.20. The molecular weight excluding hydrogens is 238 g/mol. The first kappa shape index (κ1) is 13.9. The second-order valence-corrected chi connectivity index (χ2v) is 3.81. The molecule has 0 aliphatic heterocycles. The van der Waals surface area contributed by atoms with Crippen LogP contribution in [0.3, 0.4) is 0 Å². The summed E-state index contributed by atoms with van der Waals surface area (Å²) < 4.78 is 5.35. The zero-order chi connectivity index (χ0) is 13.5. The van der Waals surface area contributed by atoms with E-state index < -0.39 is 10.8 Å². The summed E-state index contributed by atoms with van der Waals surface area (Å²) in [6.07, 6.45) is 0. The number of nitrogens with two attached hydrogens (primary N) is 1. The maximum atomic E-state index is 10.6. The van der Waals surface area contributed by atoms with Gasteiger partial charge in [0.05, 0.1) is 17.5 Å². The number of nitrogens with zero attached hydrogens (tertiary/aromatic N) is 2. The Labute approximate surface area is 104 Å². The summed E-state index contributed by atoms with van der Waals surface area (Å²) in [5.41, 5.74) is 5.02. The van der Waals surface area contributed by atoms with Crippen molar-refractivity contribution in [3.8, 4) is 5.75 Å². The number of ether oxygens (including phenoxy) is 1. The molecule has 0 saturated carbocycles. The van der Waals surface area contributed by atoms with Gasteiger partial charge in [0.1, 0.15) is 12.4 Å². The molecule has 1 rings (SSSR count). The first-order chi connectivity index (χ1) is 8.49. The largest absolute Gasteiger partial charge is 0.492 e. The molecule has 0 aromatic heterocycles. The fraction of sp³-hybridized carbons (Fsp3) is 0.364. The molecule has 0 radical (unpaired) electrons. The van der Waals surface area contributed by atoms with Crippen molar-refractivity contribution in [3.05, 3.63) is 34.4 Å². The van der Waals surface area contributed by atoms with Gasteiger partial charge in [-0.05, 0) is 13.1 Å². The summed E-state index contributed by atoms with van der Waals surface area (Å²) in [6.45, 7) is 0.981. The van der Waals surface area contributed by atoms with E-state index in [4.69, 9.17) is 10.5 Å². The molecule has 0 spiro atoms. The fourth-order valence-electron chi connectivity index (χ4n) is 1.35. The number of amides is 1. The number of rotatable bonds is 7. The maximum Gasteiger partial charge on any atom is 0.273 e. The van der Waals surface area contributed by atoms with Gasteiger partial charge in [0, 0.05) is 12.6 Å². The summed E-state index contributed by atoms with van der Waals surface area (Å²) in [6, 6.07) is 5.95. The first-order valence-electron chi connectivity index (χ1n) is 5.33. The predicted molar refractivity (Wildman–Crippen MR) is 65.3 cm³/mol. The van der Waals surface area contributed by atoms with Gasteiger partial charge >= 0.3 is 0 Å². The van der Waals surface area contributed by atoms with Crippen LogP contribution in [0, 0.1) is 10.1 Å². The van der Waals surface area contributed by atoms with Crippen molar-refractivity contribution in [1.82, 2.24) is 4.90 Å². The minimum Gasteiger partial charge on any atom is -0.492 e. The topological polar surface area (TPSA) is 98.7 Å². The number of primary amides is 1. The molecule has 7 heteroatoms. The molecule has 0 unspecified atom stereocenters. The van der Waals surface area contributed by atoms with Crippen LogP contribution in [0.4, 0.5) is 5.69 Å². The Kier molecular flexibility index (Phi) is 5.06. The van der Waals surface area contributed by atoms with Crippen molar-refractivity contribution >= 4 is 11.6 Å². The van der Waals surface area contributed by atoms with E-state index in [0.717, 1.165) is 0 Å². The van der Waals surface area contributed by atoms with Gasteiger partial charge in [0.25, 0.3) is 5.69 Å². The average molecular weight is 253 g/mol. The van der Waals surface area contributed by atoms with Gasteiger partial charge in [-0.25, -0.2) is 0 Å². The lowest BCUT2D eigenvalue weighted by Gasteiger charge is -2.14. The molecule has 0 aliphatic carbocycles. The molecule has 1 aromatic rings. The number of non-ortho nitro benzene ring substituents is 1. The van der Waals surface area contributed by atoms with Crippen LogP contribution in [0.5, 0.6) is 5.75 Å². The van der Waals surface area contributed by atoms with Gasteiger partial charge < -0.3 is 10.5 Å². The Hall–Kier alpha value is -2.15. The van der Waals surface area contributed by atoms with E-state index in [-0.39, 0.29) is 12.2 Å². The lowest BCUT2D eigenvalue weighted by molar-refractivity contribution is -0.384. The van der Waals surface area contributed by atoms with Crippen LogP contribution in [-0.4, -0.2) is 42.5 Å². The van der Waals surface area contributed by atoms with Gasteiger partial charge in [-0.2, -0.15) is 0 Å². The third-order valence-electron chi connectivity index (χ3n) is 2.20. The molecular formula is C11H15N3O4. The first-order valence-corrected chi connectivity index (χ1v) is 5.33. The van der Waals surface area contributed by atoms with E-state index in [0.29, 0.717) is 18.9 Å². The number of carbonyl (C=O) groups is 1. The van der Waals surface area contributed by atoms with Crippen LogP contribution in [0.25, 0.3) is 0 Å². The van der Waals surface area contributed by atoms with Crippen LogP contribution in [-0.2, 0) is 4.79 Å². The highest BCUT2D eigenvalue weighted by Gasteiger charge is 2.07. The Bertz CT molecular complexity index is 436. The lowest BCUT2D eigenvalue weighted by Crippen LogP contribution is -2.33. The molecule has 0 aliphatic rings. The minimum absolute atomic E-state index is 0.0157. The zero-order valence-corrected chi connectivity index (χ0v) is 10.0. The highest BCUT2D eigenvalue weighted by Crippen LogP contribution is 2.18. The molecule has 1 aromatic carbocycles. The number of hydrogen-bond donors (Lipinski definition) is 1. The van der Waals surface area contributed by atoms with Crippen molar-refractivity contribution in [3.63, 3.8) is 0 Å². The molecule has 7 nitrogen and oxygen atoms in total. The zero-order valence-electron chi connectivity index (χ0n) is 10.0. The van der Waals surface area contributed by atoms with Gasteiger partial charge in [0.2, 0.25) is 5.91 Å². The van der Waals surface area contributed by atoms with E-state index >= 15 is 0 Å². The van der Waals surface area contributed by atoms with Crippen LogP contribution >= 0.6 is 0 Å². The molecule has 0 fully saturated rings. The van der Waals surface area contributed by atoms with Gasteiger partial charge in [-0.3, -0.25) is 19.8 Å². The molecule has 18 heavy (non-hydrogen) atoms. The summed E-state index contributed by atoms with van der Waals surface area (Å²) in [4.78, 5) is 22.4. The summed E-state index contributed by atoms with van der Waals surface area (Å²) in [7, 11) is 1.74. The number of carbonyl (C=O) groups excluding carboxylic acids is 1. The summed E-state index contributed by atoms with van der Waals surface area (Å²) >= 11 is 0. The van der Waals surface area contributed by atoms with Crippen LogP contribution in [0.15, 0.2) is 24.3 Å². The fourth-order valence-corrected chi connectivity index (χ4v) is 1.35. The molecule has 0 saturated heterocycles. The normalized spacial score (nSPS) is 10.3. The van der Waals surface area contributed by atoms with E-state index in [1.165, 1.54) is 12.1 Å². The Morgan fingerprint density at radius 1 is 1.56 bits per heavy atom. The second kappa shape index (κ2) is 6.55. The number of nitro groups is 1. The van der Waals surface area contributed by atoms with E-state index in [1.807, 2.05) is 0 Å².